The van der Waals surface area contributed by atoms with Crippen LogP contribution in [-0.2, 0) is 16.4 Å². The Morgan fingerprint density at radius 2 is 1.93 bits per heavy atom. The molecule has 1 fully saturated rings. The van der Waals surface area contributed by atoms with Gasteiger partial charge in [-0.25, -0.2) is 8.42 Å². The van der Waals surface area contributed by atoms with Crippen LogP contribution in [0.25, 0.3) is 11.0 Å². The zero-order chi connectivity index (χ0) is 20.1. The maximum Gasteiger partial charge on any atom is 0.290 e. The summed E-state index contributed by atoms with van der Waals surface area (Å²) in [6, 6.07) is 9.04. The highest BCUT2D eigenvalue weighted by molar-refractivity contribution is 7.91. The average molecular weight is 401 g/mol. The zero-order valence-corrected chi connectivity index (χ0v) is 17.0. The van der Waals surface area contributed by atoms with Gasteiger partial charge in [-0.05, 0) is 51.5 Å². The van der Waals surface area contributed by atoms with E-state index in [4.69, 9.17) is 8.83 Å². The summed E-state index contributed by atoms with van der Waals surface area (Å²) in [4.78, 5) is 15.0. The van der Waals surface area contributed by atoms with Crippen molar-refractivity contribution in [1.29, 1.82) is 0 Å². The Kier molecular flexibility index (Phi) is 4.57. The maximum atomic E-state index is 13.4. The lowest BCUT2D eigenvalue weighted by molar-refractivity contribution is 0.0634. The van der Waals surface area contributed by atoms with Gasteiger partial charge >= 0.3 is 0 Å². The quantitative estimate of drug-likeness (QED) is 0.665. The third-order valence-corrected chi connectivity index (χ3v) is 7.07. The van der Waals surface area contributed by atoms with Crippen molar-refractivity contribution in [1.82, 2.24) is 4.90 Å². The number of benzene rings is 1. The van der Waals surface area contributed by atoms with Crippen LogP contribution >= 0.6 is 0 Å². The van der Waals surface area contributed by atoms with E-state index in [1.54, 1.807) is 4.90 Å². The van der Waals surface area contributed by atoms with E-state index in [0.29, 0.717) is 17.8 Å². The molecule has 0 bridgehead atoms. The Morgan fingerprint density at radius 3 is 2.57 bits per heavy atom. The molecule has 1 amide bonds. The third kappa shape index (κ3) is 3.46. The fraction of sp³-hybridized carbons (Fsp3) is 0.381. The number of amides is 1. The number of hydrogen-bond donors (Lipinski definition) is 0. The minimum atomic E-state index is -3.14. The van der Waals surface area contributed by atoms with E-state index in [9.17, 15) is 13.2 Å². The van der Waals surface area contributed by atoms with Gasteiger partial charge in [0.25, 0.3) is 5.91 Å². The normalized spacial score (nSPS) is 18.6. The first-order valence-corrected chi connectivity index (χ1v) is 11.1. The number of fused-ring (bicyclic) bond motifs is 1. The first-order chi connectivity index (χ1) is 13.2. The van der Waals surface area contributed by atoms with Crippen LogP contribution < -0.4 is 0 Å². The summed E-state index contributed by atoms with van der Waals surface area (Å²) < 4.78 is 35.6. The Hall–Kier alpha value is -2.54. The van der Waals surface area contributed by atoms with Crippen molar-refractivity contribution in [3.05, 3.63) is 58.7 Å². The van der Waals surface area contributed by atoms with Crippen LogP contribution in [0.5, 0.6) is 0 Å². The largest absolute Gasteiger partial charge is 0.464 e. The summed E-state index contributed by atoms with van der Waals surface area (Å²) in [5, 5.41) is 0.899. The van der Waals surface area contributed by atoms with E-state index < -0.39 is 15.9 Å². The fourth-order valence-electron chi connectivity index (χ4n) is 3.80. The molecule has 2 aromatic heterocycles. The number of nitrogens with zero attached hydrogens (tertiary/aromatic N) is 1. The zero-order valence-electron chi connectivity index (χ0n) is 16.2. The van der Waals surface area contributed by atoms with Gasteiger partial charge in [-0.3, -0.25) is 4.79 Å². The lowest BCUT2D eigenvalue weighted by Gasteiger charge is -2.26. The van der Waals surface area contributed by atoms with E-state index in [0.717, 1.165) is 22.3 Å². The van der Waals surface area contributed by atoms with Crippen LogP contribution in [0.15, 0.2) is 39.2 Å². The summed E-state index contributed by atoms with van der Waals surface area (Å²) in [5.74, 6) is 1.39. The fourth-order valence-corrected chi connectivity index (χ4v) is 5.53. The molecule has 0 spiro atoms. The average Bonchev–Trinajstić information content (AvgIpc) is 3.30. The summed E-state index contributed by atoms with van der Waals surface area (Å²) in [6.07, 6.45) is 0.423. The predicted molar refractivity (Wildman–Crippen MR) is 106 cm³/mol. The van der Waals surface area contributed by atoms with Crippen molar-refractivity contribution >= 4 is 26.7 Å². The van der Waals surface area contributed by atoms with Gasteiger partial charge in [-0.1, -0.05) is 11.6 Å². The minimum Gasteiger partial charge on any atom is -0.464 e. The first kappa shape index (κ1) is 18.8. The lowest BCUT2D eigenvalue weighted by Crippen LogP contribution is -2.40. The molecule has 1 atom stereocenters. The number of hydrogen-bond acceptors (Lipinski definition) is 5. The molecule has 3 heterocycles. The molecule has 0 radical (unpaired) electrons. The van der Waals surface area contributed by atoms with E-state index in [1.165, 1.54) is 0 Å². The highest BCUT2D eigenvalue weighted by Crippen LogP contribution is 2.30. The van der Waals surface area contributed by atoms with Crippen molar-refractivity contribution < 1.29 is 22.0 Å². The van der Waals surface area contributed by atoms with Crippen molar-refractivity contribution in [3.63, 3.8) is 0 Å². The van der Waals surface area contributed by atoms with Crippen molar-refractivity contribution in [3.8, 4) is 0 Å². The Morgan fingerprint density at radius 1 is 1.14 bits per heavy atom. The summed E-state index contributed by atoms with van der Waals surface area (Å²) in [5.41, 5.74) is 2.50. The Labute approximate surface area is 164 Å². The predicted octanol–water partition coefficient (Wildman–Crippen LogP) is 3.78. The summed E-state index contributed by atoms with van der Waals surface area (Å²) >= 11 is 0. The van der Waals surface area contributed by atoms with E-state index in [-0.39, 0.29) is 29.7 Å². The van der Waals surface area contributed by atoms with Crippen molar-refractivity contribution in [2.75, 3.05) is 11.5 Å². The molecule has 6 nitrogen and oxygen atoms in total. The summed E-state index contributed by atoms with van der Waals surface area (Å²) in [6.45, 7) is 5.89. The van der Waals surface area contributed by atoms with E-state index >= 15 is 0 Å². The second-order valence-electron chi connectivity index (χ2n) is 7.56. The van der Waals surface area contributed by atoms with Crippen LogP contribution in [0.4, 0.5) is 0 Å². The second-order valence-corrected chi connectivity index (χ2v) is 9.79. The molecule has 1 aliphatic rings. The third-order valence-electron chi connectivity index (χ3n) is 5.32. The molecule has 4 rings (SSSR count). The van der Waals surface area contributed by atoms with Crippen molar-refractivity contribution in [2.24, 2.45) is 0 Å². The smallest absolute Gasteiger partial charge is 0.290 e. The molecule has 28 heavy (non-hydrogen) atoms. The van der Waals surface area contributed by atoms with Crippen LogP contribution in [0.1, 0.15) is 39.6 Å². The Balaban J connectivity index is 1.73. The highest BCUT2D eigenvalue weighted by atomic mass is 32.2. The molecular weight excluding hydrogens is 378 g/mol. The van der Waals surface area contributed by atoms with Crippen LogP contribution in [-0.4, -0.2) is 36.8 Å². The summed E-state index contributed by atoms with van der Waals surface area (Å²) in [7, 11) is -3.14. The van der Waals surface area contributed by atoms with Crippen LogP contribution in [0.2, 0.25) is 0 Å². The van der Waals surface area contributed by atoms with Gasteiger partial charge in [0.2, 0.25) is 0 Å². The molecule has 1 saturated heterocycles. The van der Waals surface area contributed by atoms with Gasteiger partial charge in [0.15, 0.2) is 15.6 Å². The molecule has 0 aliphatic carbocycles. The molecule has 0 unspecified atom stereocenters. The van der Waals surface area contributed by atoms with Crippen LogP contribution in [0, 0.1) is 20.8 Å². The standard InChI is InChI=1S/C21H23NO5S/c1-13-4-7-19-18(10-13)15(3)20(27-19)21(23)22(11-17-6-5-14(2)26-17)16-8-9-28(24,25)12-16/h4-7,10,16H,8-9,11-12H2,1-3H3/t16-/m0/s1. The van der Waals surface area contributed by atoms with Gasteiger partial charge in [-0.15, -0.1) is 0 Å². The highest BCUT2D eigenvalue weighted by Gasteiger charge is 2.37. The monoisotopic (exact) mass is 401 g/mol. The SMILES string of the molecule is Cc1ccc2oc(C(=O)N(Cc3ccc(C)o3)[C@H]3CCS(=O)(=O)C3)c(C)c2c1. The van der Waals surface area contributed by atoms with Gasteiger partial charge in [0.1, 0.15) is 17.1 Å². The topological polar surface area (TPSA) is 80.7 Å². The van der Waals surface area contributed by atoms with E-state index in [1.807, 2.05) is 51.1 Å². The molecule has 0 N–H and O–H groups in total. The molecule has 3 aromatic rings. The Bertz CT molecular complexity index is 1150. The number of rotatable bonds is 4. The number of carbonyl (C=O) groups excluding carboxylic acids is 1. The van der Waals surface area contributed by atoms with Crippen molar-refractivity contribution in [2.45, 2.75) is 39.8 Å². The van der Waals surface area contributed by atoms with Gasteiger partial charge in [0, 0.05) is 17.0 Å². The number of furan rings is 2. The number of aryl methyl sites for hydroxylation is 3. The number of sulfone groups is 1. The van der Waals surface area contributed by atoms with Gasteiger partial charge < -0.3 is 13.7 Å². The first-order valence-electron chi connectivity index (χ1n) is 9.30. The van der Waals surface area contributed by atoms with Gasteiger partial charge in [0.05, 0.1) is 18.1 Å². The van der Waals surface area contributed by atoms with Gasteiger partial charge in [-0.2, -0.15) is 0 Å². The van der Waals surface area contributed by atoms with E-state index in [2.05, 4.69) is 0 Å². The lowest BCUT2D eigenvalue weighted by atomic mass is 10.1. The van der Waals surface area contributed by atoms with Crippen LogP contribution in [0.3, 0.4) is 0 Å². The molecule has 148 valence electrons. The molecule has 1 aromatic carbocycles. The second kappa shape index (κ2) is 6.81. The molecule has 7 heteroatoms. The molecule has 1 aliphatic heterocycles. The maximum absolute atomic E-state index is 13.4. The molecular formula is C21H23NO5S. The molecule has 0 saturated carbocycles. The minimum absolute atomic E-state index is 0.0309. The number of carbonyl (C=O) groups is 1.